The number of rotatable bonds is 5. The lowest BCUT2D eigenvalue weighted by Gasteiger charge is -2.50. The summed E-state index contributed by atoms with van der Waals surface area (Å²) in [5.74, 6) is 2.06. The molecule has 2 heterocycles. The number of hydrogen-bond donors (Lipinski definition) is 1. The zero-order valence-corrected chi connectivity index (χ0v) is 18.1. The second-order valence-electron chi connectivity index (χ2n) is 10.5. The van der Waals surface area contributed by atoms with Crippen LogP contribution in [0, 0.1) is 28.6 Å². The molecular formula is C23H40N2O2. The standard InChI is InChI=1S/C23H40N2O2/c1-16-14-17(7-9-25-10-12-27-13-11-25)21(26-5)24-19(16)20-22(2,3)18-6-8-23(20,4)15-18/h14,17-21,24H,6-13,15H2,1-5H3/t17?,18?,19?,20-,21?,23+/m1/s1. The molecule has 4 rings (SSSR count). The van der Waals surface area contributed by atoms with E-state index in [-0.39, 0.29) is 6.23 Å². The maximum absolute atomic E-state index is 5.96. The molecule has 0 spiro atoms. The molecule has 0 amide bonds. The Hall–Kier alpha value is -0.420. The van der Waals surface area contributed by atoms with Crippen LogP contribution in [0.15, 0.2) is 11.6 Å². The fraction of sp³-hybridized carbons (Fsp3) is 0.913. The monoisotopic (exact) mass is 376 g/mol. The first-order chi connectivity index (χ1) is 12.8. The van der Waals surface area contributed by atoms with E-state index >= 15 is 0 Å². The first kappa shape index (κ1) is 19.9. The van der Waals surface area contributed by atoms with Gasteiger partial charge < -0.3 is 9.47 Å². The normalized spacial score (nSPS) is 44.5. The fourth-order valence-electron chi connectivity index (χ4n) is 7.13. The maximum atomic E-state index is 5.96. The summed E-state index contributed by atoms with van der Waals surface area (Å²) in [6.07, 6.45) is 8.07. The Morgan fingerprint density at radius 2 is 2.00 bits per heavy atom. The van der Waals surface area contributed by atoms with E-state index in [0.29, 0.717) is 28.7 Å². The maximum Gasteiger partial charge on any atom is 0.114 e. The topological polar surface area (TPSA) is 33.7 Å². The molecule has 2 aliphatic heterocycles. The van der Waals surface area contributed by atoms with Crippen LogP contribution in [0.2, 0.25) is 0 Å². The molecule has 3 fully saturated rings. The second kappa shape index (κ2) is 7.44. The zero-order chi connectivity index (χ0) is 19.2. The van der Waals surface area contributed by atoms with Crippen LogP contribution in [0.25, 0.3) is 0 Å². The van der Waals surface area contributed by atoms with Crippen LogP contribution >= 0.6 is 0 Å². The summed E-state index contributed by atoms with van der Waals surface area (Å²) in [4.78, 5) is 2.53. The molecule has 27 heavy (non-hydrogen) atoms. The minimum atomic E-state index is 0.137. The molecule has 0 aromatic carbocycles. The summed E-state index contributed by atoms with van der Waals surface area (Å²) in [6, 6.07) is 0.458. The Labute approximate surface area is 166 Å². The quantitative estimate of drug-likeness (QED) is 0.742. The van der Waals surface area contributed by atoms with E-state index < -0.39 is 0 Å². The third kappa shape index (κ3) is 3.52. The van der Waals surface area contributed by atoms with Gasteiger partial charge in [0.2, 0.25) is 0 Å². The number of nitrogens with one attached hydrogen (secondary N) is 1. The lowest BCUT2D eigenvalue weighted by molar-refractivity contribution is -0.0201. The molecule has 154 valence electrons. The molecule has 2 bridgehead atoms. The summed E-state index contributed by atoms with van der Waals surface area (Å²) in [5.41, 5.74) is 2.44. The SMILES string of the molecule is COC1NC([C@@H]2C(C)(C)C3CC[C@@]2(C)C3)C(C)=CC1CCN1CCOCC1. The van der Waals surface area contributed by atoms with Crippen LogP contribution in [0.4, 0.5) is 0 Å². The van der Waals surface area contributed by atoms with Gasteiger partial charge in [0.25, 0.3) is 0 Å². The van der Waals surface area contributed by atoms with Gasteiger partial charge >= 0.3 is 0 Å². The van der Waals surface area contributed by atoms with Gasteiger partial charge in [0.1, 0.15) is 6.23 Å². The van der Waals surface area contributed by atoms with Crippen molar-refractivity contribution in [1.29, 1.82) is 0 Å². The summed E-state index contributed by atoms with van der Waals surface area (Å²) in [7, 11) is 1.87. The van der Waals surface area contributed by atoms with Gasteiger partial charge in [-0.05, 0) is 61.8 Å². The predicted octanol–water partition coefficient (Wildman–Crippen LogP) is 3.68. The van der Waals surface area contributed by atoms with E-state index in [0.717, 1.165) is 45.2 Å². The average Bonchev–Trinajstić information content (AvgIpc) is 3.13. The number of ether oxygens (including phenoxy) is 2. The molecule has 4 nitrogen and oxygen atoms in total. The largest absolute Gasteiger partial charge is 0.379 e. The molecule has 0 aromatic heterocycles. The molecule has 1 saturated heterocycles. The molecule has 4 unspecified atom stereocenters. The highest BCUT2D eigenvalue weighted by atomic mass is 16.5. The van der Waals surface area contributed by atoms with Crippen LogP contribution in [-0.2, 0) is 9.47 Å². The molecule has 1 N–H and O–H groups in total. The molecule has 2 aliphatic carbocycles. The second-order valence-corrected chi connectivity index (χ2v) is 10.5. The predicted molar refractivity (Wildman–Crippen MR) is 110 cm³/mol. The molecule has 0 radical (unpaired) electrons. The molecule has 4 aliphatic rings. The highest BCUT2D eigenvalue weighted by molar-refractivity contribution is 5.23. The lowest BCUT2D eigenvalue weighted by atomic mass is 9.59. The number of morpholine rings is 1. The Bertz CT molecular complexity index is 564. The van der Waals surface area contributed by atoms with Crippen LogP contribution in [-0.4, -0.2) is 57.1 Å². The van der Waals surface area contributed by atoms with E-state index in [1.165, 1.54) is 19.3 Å². The van der Waals surface area contributed by atoms with Crippen LogP contribution in [0.1, 0.15) is 53.4 Å². The first-order valence-electron chi connectivity index (χ1n) is 11.1. The zero-order valence-electron chi connectivity index (χ0n) is 18.1. The van der Waals surface area contributed by atoms with Crippen molar-refractivity contribution in [2.45, 2.75) is 65.6 Å². The van der Waals surface area contributed by atoms with E-state index in [4.69, 9.17) is 9.47 Å². The van der Waals surface area contributed by atoms with Crippen molar-refractivity contribution in [3.63, 3.8) is 0 Å². The minimum absolute atomic E-state index is 0.137. The van der Waals surface area contributed by atoms with Crippen molar-refractivity contribution in [2.75, 3.05) is 40.0 Å². The van der Waals surface area contributed by atoms with Gasteiger partial charge in [0, 0.05) is 32.2 Å². The summed E-state index contributed by atoms with van der Waals surface area (Å²) in [5, 5.41) is 3.96. The summed E-state index contributed by atoms with van der Waals surface area (Å²) < 4.78 is 11.4. The van der Waals surface area contributed by atoms with Crippen molar-refractivity contribution < 1.29 is 9.47 Å². The average molecular weight is 377 g/mol. The molecule has 6 atom stereocenters. The number of methoxy groups -OCH3 is 1. The molecule has 2 saturated carbocycles. The Morgan fingerprint density at radius 3 is 2.63 bits per heavy atom. The first-order valence-corrected chi connectivity index (χ1v) is 11.1. The van der Waals surface area contributed by atoms with E-state index in [2.05, 4.69) is 44.0 Å². The number of fused-ring (bicyclic) bond motifs is 2. The highest BCUT2D eigenvalue weighted by Crippen LogP contribution is 2.67. The van der Waals surface area contributed by atoms with Crippen molar-refractivity contribution in [3.8, 4) is 0 Å². The van der Waals surface area contributed by atoms with E-state index in [1.807, 2.05) is 7.11 Å². The minimum Gasteiger partial charge on any atom is -0.379 e. The number of nitrogens with zero attached hydrogens (tertiary/aromatic N) is 1. The van der Waals surface area contributed by atoms with Gasteiger partial charge in [-0.3, -0.25) is 10.2 Å². The molecular weight excluding hydrogens is 336 g/mol. The van der Waals surface area contributed by atoms with Crippen LogP contribution in [0.5, 0.6) is 0 Å². The van der Waals surface area contributed by atoms with Gasteiger partial charge in [0.05, 0.1) is 13.2 Å². The van der Waals surface area contributed by atoms with E-state index in [1.54, 1.807) is 5.57 Å². The smallest absolute Gasteiger partial charge is 0.114 e. The van der Waals surface area contributed by atoms with Gasteiger partial charge in [-0.2, -0.15) is 0 Å². The summed E-state index contributed by atoms with van der Waals surface area (Å²) in [6.45, 7) is 15.0. The molecule has 0 aromatic rings. The van der Waals surface area contributed by atoms with Gasteiger partial charge in [-0.15, -0.1) is 0 Å². The summed E-state index contributed by atoms with van der Waals surface area (Å²) >= 11 is 0. The van der Waals surface area contributed by atoms with Gasteiger partial charge in [-0.1, -0.05) is 32.4 Å². The van der Waals surface area contributed by atoms with Crippen molar-refractivity contribution in [2.24, 2.45) is 28.6 Å². The lowest BCUT2D eigenvalue weighted by Crippen LogP contribution is -2.56. The van der Waals surface area contributed by atoms with Crippen LogP contribution < -0.4 is 5.32 Å². The molecule has 4 heteroatoms. The van der Waals surface area contributed by atoms with Gasteiger partial charge in [-0.25, -0.2) is 0 Å². The Balaban J connectivity index is 1.48. The van der Waals surface area contributed by atoms with Crippen molar-refractivity contribution in [1.82, 2.24) is 10.2 Å². The van der Waals surface area contributed by atoms with Gasteiger partial charge in [0.15, 0.2) is 0 Å². The Morgan fingerprint density at radius 1 is 1.26 bits per heavy atom. The fourth-order valence-corrected chi connectivity index (χ4v) is 7.13. The third-order valence-corrected chi connectivity index (χ3v) is 8.55. The van der Waals surface area contributed by atoms with Crippen molar-refractivity contribution in [3.05, 3.63) is 11.6 Å². The third-order valence-electron chi connectivity index (χ3n) is 8.55. The van der Waals surface area contributed by atoms with E-state index in [9.17, 15) is 0 Å². The highest BCUT2D eigenvalue weighted by Gasteiger charge is 2.61. The Kier molecular flexibility index (Phi) is 5.48. The van der Waals surface area contributed by atoms with Crippen molar-refractivity contribution >= 4 is 0 Å². The van der Waals surface area contributed by atoms with Crippen LogP contribution in [0.3, 0.4) is 0 Å². The number of hydrogen-bond acceptors (Lipinski definition) is 4.